The lowest BCUT2D eigenvalue weighted by Gasteiger charge is -2.30. The van der Waals surface area contributed by atoms with Crippen LogP contribution >= 0.6 is 11.6 Å². The van der Waals surface area contributed by atoms with E-state index < -0.39 is 47.9 Å². The Kier molecular flexibility index (Phi) is 8.16. The van der Waals surface area contributed by atoms with E-state index >= 15 is 0 Å². The van der Waals surface area contributed by atoms with Crippen LogP contribution in [0, 0.1) is 11.8 Å². The fourth-order valence-electron chi connectivity index (χ4n) is 5.24. The molecule has 3 aromatic rings. The molecule has 2 atom stereocenters. The molecule has 1 saturated carbocycles. The van der Waals surface area contributed by atoms with E-state index in [4.69, 9.17) is 21.1 Å². The summed E-state index contributed by atoms with van der Waals surface area (Å²) in [6, 6.07) is 18.6. The van der Waals surface area contributed by atoms with Gasteiger partial charge in [0, 0.05) is 5.56 Å². The molecule has 0 bridgehead atoms. The predicted molar refractivity (Wildman–Crippen MR) is 149 cm³/mol. The second kappa shape index (κ2) is 11.9. The molecular formula is C31H27ClN2O7. The summed E-state index contributed by atoms with van der Waals surface area (Å²) in [5, 5.41) is 1.88. The van der Waals surface area contributed by atoms with E-state index in [2.05, 4.69) is 0 Å². The quantitative estimate of drug-likeness (QED) is 0.161. The van der Waals surface area contributed by atoms with E-state index in [9.17, 15) is 24.0 Å². The first kappa shape index (κ1) is 28.0. The number of methoxy groups -OCH3 is 1. The van der Waals surface area contributed by atoms with Gasteiger partial charge in [-0.15, -0.1) is 0 Å². The van der Waals surface area contributed by atoms with Crippen LogP contribution < -0.4 is 9.47 Å². The molecule has 5 rings (SSSR count). The number of esters is 1. The highest BCUT2D eigenvalue weighted by molar-refractivity contribution is 6.34. The Bertz CT molecular complexity index is 1500. The average molecular weight is 575 g/mol. The topological polar surface area (TPSA) is 110 Å². The van der Waals surface area contributed by atoms with Gasteiger partial charge < -0.3 is 9.47 Å². The minimum atomic E-state index is -0.729. The molecule has 10 heteroatoms. The van der Waals surface area contributed by atoms with Gasteiger partial charge in [-0.1, -0.05) is 42.6 Å². The van der Waals surface area contributed by atoms with Gasteiger partial charge in [-0.3, -0.25) is 19.2 Å². The van der Waals surface area contributed by atoms with Crippen molar-refractivity contribution in [2.24, 2.45) is 11.8 Å². The number of hydrazine groups is 1. The minimum Gasteiger partial charge on any atom is -0.497 e. The van der Waals surface area contributed by atoms with Crippen molar-refractivity contribution in [2.45, 2.75) is 25.7 Å². The third-order valence-corrected chi connectivity index (χ3v) is 7.71. The summed E-state index contributed by atoms with van der Waals surface area (Å²) in [6.07, 6.45) is 2.76. The van der Waals surface area contributed by atoms with Crippen molar-refractivity contribution in [3.8, 4) is 11.5 Å². The van der Waals surface area contributed by atoms with E-state index in [1.54, 1.807) is 36.4 Å². The summed E-state index contributed by atoms with van der Waals surface area (Å²) in [5.74, 6) is -3.12. The fraction of sp³-hybridized carbons (Fsp3) is 0.258. The zero-order valence-electron chi connectivity index (χ0n) is 22.2. The second-order valence-corrected chi connectivity index (χ2v) is 10.3. The Labute approximate surface area is 241 Å². The van der Waals surface area contributed by atoms with Crippen molar-refractivity contribution in [3.63, 3.8) is 0 Å². The van der Waals surface area contributed by atoms with Gasteiger partial charge >= 0.3 is 5.97 Å². The molecule has 0 unspecified atom stereocenters. The largest absolute Gasteiger partial charge is 0.497 e. The van der Waals surface area contributed by atoms with Crippen molar-refractivity contribution in [1.82, 2.24) is 10.0 Å². The number of Topliss-reactive ketones (excluding diaryl/α,β-unsaturated/α-hetero) is 1. The zero-order chi connectivity index (χ0) is 29.1. The van der Waals surface area contributed by atoms with Crippen LogP contribution in [-0.4, -0.2) is 53.1 Å². The number of amides is 3. The molecule has 1 aliphatic heterocycles. The van der Waals surface area contributed by atoms with Crippen molar-refractivity contribution < 1.29 is 33.4 Å². The van der Waals surface area contributed by atoms with E-state index in [0.29, 0.717) is 24.2 Å². The number of carbonyl (C=O) groups excluding carboxylic acids is 5. The maximum Gasteiger partial charge on any atom is 0.343 e. The Morgan fingerprint density at radius 1 is 0.854 bits per heavy atom. The summed E-state index contributed by atoms with van der Waals surface area (Å²) in [4.78, 5) is 66.3. The third kappa shape index (κ3) is 5.71. The number of fused-ring (bicyclic) bond motifs is 1. The predicted octanol–water partition coefficient (Wildman–Crippen LogP) is 4.98. The van der Waals surface area contributed by atoms with Gasteiger partial charge in [0.05, 0.1) is 35.1 Å². The molecule has 1 heterocycles. The molecule has 0 aromatic heterocycles. The molecule has 2 fully saturated rings. The highest BCUT2D eigenvalue weighted by Gasteiger charge is 2.52. The summed E-state index contributed by atoms with van der Waals surface area (Å²) >= 11 is 6.27. The molecular weight excluding hydrogens is 548 g/mol. The SMILES string of the molecule is COc1cccc(C(=O)Oc2ccc(C(=O)CN(C(=O)c3ccccc3Cl)N3C(=O)[C@H]4CCCC[C@@H]4C3=O)cc2)c1. The normalized spacial score (nSPS) is 18.0. The highest BCUT2D eigenvalue weighted by atomic mass is 35.5. The molecule has 3 aromatic carbocycles. The Balaban J connectivity index is 1.37. The third-order valence-electron chi connectivity index (χ3n) is 7.38. The minimum absolute atomic E-state index is 0.0669. The first-order chi connectivity index (χ1) is 19.8. The van der Waals surface area contributed by atoms with Crippen LogP contribution in [0.2, 0.25) is 5.02 Å². The zero-order valence-corrected chi connectivity index (χ0v) is 23.0. The van der Waals surface area contributed by atoms with E-state index in [-0.39, 0.29) is 21.9 Å². The number of imide groups is 1. The average Bonchev–Trinajstić information content (AvgIpc) is 3.25. The molecule has 210 valence electrons. The van der Waals surface area contributed by atoms with Crippen LogP contribution in [-0.2, 0) is 9.59 Å². The first-order valence-corrected chi connectivity index (χ1v) is 13.6. The van der Waals surface area contributed by atoms with Gasteiger partial charge in [-0.05, 0) is 67.4 Å². The molecule has 1 aliphatic carbocycles. The molecule has 3 amide bonds. The number of nitrogens with zero attached hydrogens (tertiary/aromatic N) is 2. The number of carbonyl (C=O) groups is 5. The number of rotatable bonds is 8. The number of ketones is 1. The molecule has 2 aliphatic rings. The maximum absolute atomic E-state index is 13.6. The van der Waals surface area contributed by atoms with E-state index in [1.165, 1.54) is 43.5 Å². The molecule has 0 radical (unpaired) electrons. The van der Waals surface area contributed by atoms with E-state index in [1.807, 2.05) is 0 Å². The van der Waals surface area contributed by atoms with Crippen LogP contribution in [0.15, 0.2) is 72.8 Å². The summed E-state index contributed by atoms with van der Waals surface area (Å²) in [7, 11) is 1.49. The Morgan fingerprint density at radius 3 is 2.15 bits per heavy atom. The van der Waals surface area contributed by atoms with Crippen molar-refractivity contribution in [3.05, 3.63) is 94.5 Å². The number of benzene rings is 3. The van der Waals surface area contributed by atoms with Crippen molar-refractivity contribution >= 4 is 41.1 Å². The molecule has 0 spiro atoms. The number of hydrogen-bond acceptors (Lipinski definition) is 7. The van der Waals surface area contributed by atoms with Crippen molar-refractivity contribution in [1.29, 1.82) is 0 Å². The van der Waals surface area contributed by atoms with Gasteiger partial charge in [0.25, 0.3) is 17.7 Å². The number of halogens is 1. The standard InChI is InChI=1S/C31H27ClN2O7/c1-40-22-8-6-7-20(17-22)31(39)41-21-15-13-19(14-16-21)27(35)18-33(28(36)25-11-4-5-12-26(25)32)34-29(37)23-9-2-3-10-24(23)30(34)38/h4-8,11-17,23-24H,2-3,9-10,18H2,1H3/t23-,24-/m0/s1. The first-order valence-electron chi connectivity index (χ1n) is 13.2. The fourth-order valence-corrected chi connectivity index (χ4v) is 5.46. The number of ether oxygens (including phenoxy) is 2. The highest BCUT2D eigenvalue weighted by Crippen LogP contribution is 2.39. The lowest BCUT2D eigenvalue weighted by atomic mass is 9.81. The van der Waals surface area contributed by atoms with Gasteiger partial charge in [-0.25, -0.2) is 9.80 Å². The van der Waals surface area contributed by atoms with Gasteiger partial charge in [0.1, 0.15) is 18.0 Å². The van der Waals surface area contributed by atoms with Crippen LogP contribution in [0.1, 0.15) is 56.8 Å². The maximum atomic E-state index is 13.6. The van der Waals surface area contributed by atoms with Crippen LogP contribution in [0.5, 0.6) is 11.5 Å². The summed E-state index contributed by atoms with van der Waals surface area (Å²) < 4.78 is 10.5. The van der Waals surface area contributed by atoms with Crippen LogP contribution in [0.4, 0.5) is 0 Å². The molecule has 41 heavy (non-hydrogen) atoms. The molecule has 0 N–H and O–H groups in total. The summed E-state index contributed by atoms with van der Waals surface area (Å²) in [5.41, 5.74) is 0.552. The lowest BCUT2D eigenvalue weighted by Crippen LogP contribution is -2.52. The Hall–Kier alpha value is -4.50. The van der Waals surface area contributed by atoms with Gasteiger partial charge in [0.15, 0.2) is 5.78 Å². The van der Waals surface area contributed by atoms with Crippen LogP contribution in [0.25, 0.3) is 0 Å². The molecule has 9 nitrogen and oxygen atoms in total. The van der Waals surface area contributed by atoms with E-state index in [0.717, 1.165) is 22.9 Å². The number of hydrogen-bond donors (Lipinski definition) is 0. The smallest absolute Gasteiger partial charge is 0.343 e. The van der Waals surface area contributed by atoms with Crippen LogP contribution in [0.3, 0.4) is 0 Å². The monoisotopic (exact) mass is 574 g/mol. The van der Waals surface area contributed by atoms with Gasteiger partial charge in [0.2, 0.25) is 0 Å². The molecule has 1 saturated heterocycles. The second-order valence-electron chi connectivity index (χ2n) is 9.90. The van der Waals surface area contributed by atoms with Crippen molar-refractivity contribution in [2.75, 3.05) is 13.7 Å². The Morgan fingerprint density at radius 2 is 1.51 bits per heavy atom. The lowest BCUT2D eigenvalue weighted by molar-refractivity contribution is -0.154. The summed E-state index contributed by atoms with van der Waals surface area (Å²) in [6.45, 7) is -0.566. The van der Waals surface area contributed by atoms with Gasteiger partial charge in [-0.2, -0.15) is 5.01 Å².